The van der Waals surface area contributed by atoms with Gasteiger partial charge in [-0.05, 0) is 31.6 Å². The number of carbonyl (C=O) groups is 1. The van der Waals surface area contributed by atoms with Gasteiger partial charge in [0, 0.05) is 12.6 Å². The van der Waals surface area contributed by atoms with E-state index in [9.17, 15) is 4.79 Å². The van der Waals surface area contributed by atoms with Crippen molar-refractivity contribution in [1.29, 1.82) is 0 Å². The SMILES string of the molecule is Cl.NC1(C(=O)N2CC3CCCC32)CC1. The monoisotopic (exact) mass is 216 g/mol. The van der Waals surface area contributed by atoms with Crippen molar-refractivity contribution in [3.05, 3.63) is 0 Å². The van der Waals surface area contributed by atoms with E-state index < -0.39 is 5.54 Å². The van der Waals surface area contributed by atoms with Crippen LogP contribution in [-0.4, -0.2) is 28.9 Å². The summed E-state index contributed by atoms with van der Waals surface area (Å²) in [4.78, 5) is 13.9. The Bertz CT molecular complexity index is 265. The predicted molar refractivity (Wildman–Crippen MR) is 56.2 cm³/mol. The average molecular weight is 217 g/mol. The molecule has 3 fully saturated rings. The van der Waals surface area contributed by atoms with E-state index in [0.29, 0.717) is 6.04 Å². The minimum atomic E-state index is -0.437. The zero-order chi connectivity index (χ0) is 9.05. The minimum absolute atomic E-state index is 0. The normalized spacial score (nSPS) is 36.8. The van der Waals surface area contributed by atoms with Gasteiger partial charge >= 0.3 is 0 Å². The molecule has 2 N–H and O–H groups in total. The lowest BCUT2D eigenvalue weighted by atomic mass is 9.91. The highest BCUT2D eigenvalue weighted by Gasteiger charge is 2.54. The molecule has 3 nitrogen and oxygen atoms in total. The Kier molecular flexibility index (Phi) is 2.27. The van der Waals surface area contributed by atoms with Crippen molar-refractivity contribution < 1.29 is 4.79 Å². The van der Waals surface area contributed by atoms with Gasteiger partial charge in [0.05, 0.1) is 5.54 Å². The Morgan fingerprint density at radius 1 is 1.36 bits per heavy atom. The second-order valence-corrected chi connectivity index (χ2v) is 4.87. The Hall–Kier alpha value is -0.280. The number of nitrogens with zero attached hydrogens (tertiary/aromatic N) is 1. The van der Waals surface area contributed by atoms with Crippen molar-refractivity contribution in [2.45, 2.75) is 43.7 Å². The second kappa shape index (κ2) is 3.11. The molecule has 1 saturated heterocycles. The maximum absolute atomic E-state index is 11.9. The number of likely N-dealkylation sites (tertiary alicyclic amines) is 1. The van der Waals surface area contributed by atoms with Crippen LogP contribution < -0.4 is 5.73 Å². The van der Waals surface area contributed by atoms with Crippen LogP contribution in [0.1, 0.15) is 32.1 Å². The highest BCUT2D eigenvalue weighted by Crippen LogP contribution is 2.43. The maximum Gasteiger partial charge on any atom is 0.242 e. The van der Waals surface area contributed by atoms with Crippen molar-refractivity contribution in [3.8, 4) is 0 Å². The quantitative estimate of drug-likeness (QED) is 0.709. The van der Waals surface area contributed by atoms with Crippen LogP contribution in [0.3, 0.4) is 0 Å². The Morgan fingerprint density at radius 2 is 2.07 bits per heavy atom. The molecule has 2 aliphatic carbocycles. The number of nitrogens with two attached hydrogens (primary N) is 1. The van der Waals surface area contributed by atoms with E-state index in [1.54, 1.807) is 0 Å². The number of rotatable bonds is 1. The molecule has 3 rings (SSSR count). The summed E-state index contributed by atoms with van der Waals surface area (Å²) in [6, 6.07) is 0.563. The summed E-state index contributed by atoms with van der Waals surface area (Å²) < 4.78 is 0. The zero-order valence-electron chi connectivity index (χ0n) is 8.24. The van der Waals surface area contributed by atoms with Crippen LogP contribution in [0.2, 0.25) is 0 Å². The third kappa shape index (κ3) is 1.26. The summed E-state index contributed by atoms with van der Waals surface area (Å²) in [7, 11) is 0. The molecule has 0 spiro atoms. The molecule has 0 aromatic heterocycles. The summed E-state index contributed by atoms with van der Waals surface area (Å²) in [5.74, 6) is 1.04. The number of amides is 1. The zero-order valence-corrected chi connectivity index (χ0v) is 9.05. The first-order valence-corrected chi connectivity index (χ1v) is 5.31. The molecule has 0 bridgehead atoms. The molecular formula is C10H17ClN2O. The Labute approximate surface area is 90.4 Å². The van der Waals surface area contributed by atoms with Crippen LogP contribution in [-0.2, 0) is 4.79 Å². The third-order valence-corrected chi connectivity index (χ3v) is 3.93. The van der Waals surface area contributed by atoms with Gasteiger partial charge in [0.15, 0.2) is 0 Å². The van der Waals surface area contributed by atoms with Gasteiger partial charge < -0.3 is 10.6 Å². The van der Waals surface area contributed by atoms with Crippen molar-refractivity contribution in [3.63, 3.8) is 0 Å². The third-order valence-electron chi connectivity index (χ3n) is 3.93. The molecule has 0 radical (unpaired) electrons. The van der Waals surface area contributed by atoms with E-state index >= 15 is 0 Å². The summed E-state index contributed by atoms with van der Waals surface area (Å²) in [5, 5.41) is 0. The largest absolute Gasteiger partial charge is 0.337 e. The summed E-state index contributed by atoms with van der Waals surface area (Å²) in [6.45, 7) is 0.989. The smallest absolute Gasteiger partial charge is 0.242 e. The molecule has 1 heterocycles. The molecule has 0 aromatic carbocycles. The van der Waals surface area contributed by atoms with Crippen LogP contribution in [0.15, 0.2) is 0 Å². The average Bonchev–Trinajstić information content (AvgIpc) is 2.72. The molecule has 2 unspecified atom stereocenters. The van der Waals surface area contributed by atoms with Crippen molar-refractivity contribution in [2.24, 2.45) is 11.7 Å². The topological polar surface area (TPSA) is 46.3 Å². The molecular weight excluding hydrogens is 200 g/mol. The molecule has 2 saturated carbocycles. The fraction of sp³-hybridized carbons (Fsp3) is 0.900. The number of halogens is 1. The van der Waals surface area contributed by atoms with Crippen molar-refractivity contribution in [2.75, 3.05) is 6.54 Å². The van der Waals surface area contributed by atoms with E-state index in [4.69, 9.17) is 5.73 Å². The highest BCUT2D eigenvalue weighted by molar-refractivity contribution is 5.90. The predicted octanol–water partition coefficient (Wildman–Crippen LogP) is 0.910. The van der Waals surface area contributed by atoms with Gasteiger partial charge in [-0.25, -0.2) is 0 Å². The maximum atomic E-state index is 11.9. The molecule has 4 heteroatoms. The highest BCUT2D eigenvalue weighted by atomic mass is 35.5. The first-order chi connectivity index (χ1) is 6.21. The molecule has 80 valence electrons. The van der Waals surface area contributed by atoms with Crippen LogP contribution in [0, 0.1) is 5.92 Å². The molecule has 0 aromatic rings. The molecule has 3 aliphatic rings. The lowest BCUT2D eigenvalue weighted by Crippen LogP contribution is -2.60. The van der Waals surface area contributed by atoms with E-state index in [1.165, 1.54) is 19.3 Å². The number of fused-ring (bicyclic) bond motifs is 1. The van der Waals surface area contributed by atoms with Crippen LogP contribution >= 0.6 is 12.4 Å². The molecule has 14 heavy (non-hydrogen) atoms. The molecule has 1 aliphatic heterocycles. The fourth-order valence-corrected chi connectivity index (χ4v) is 2.76. The summed E-state index contributed by atoms with van der Waals surface area (Å²) >= 11 is 0. The van der Waals surface area contributed by atoms with Gasteiger partial charge in [0.25, 0.3) is 0 Å². The Balaban J connectivity index is 0.000000750. The van der Waals surface area contributed by atoms with E-state index in [0.717, 1.165) is 25.3 Å². The van der Waals surface area contributed by atoms with Gasteiger partial charge in [-0.2, -0.15) is 0 Å². The number of hydrogen-bond acceptors (Lipinski definition) is 2. The van der Waals surface area contributed by atoms with Gasteiger partial charge in [0.2, 0.25) is 5.91 Å². The van der Waals surface area contributed by atoms with Gasteiger partial charge in [-0.15, -0.1) is 12.4 Å². The Morgan fingerprint density at radius 3 is 2.64 bits per heavy atom. The standard InChI is InChI=1S/C10H16N2O.ClH/c11-10(4-5-10)9(13)12-6-7-2-1-3-8(7)12;/h7-8H,1-6,11H2;1H. The van der Waals surface area contributed by atoms with Crippen molar-refractivity contribution in [1.82, 2.24) is 4.90 Å². The first kappa shape index (κ1) is 10.2. The van der Waals surface area contributed by atoms with Gasteiger partial charge in [0.1, 0.15) is 0 Å². The lowest BCUT2D eigenvalue weighted by molar-refractivity contribution is -0.144. The molecule has 2 atom stereocenters. The number of hydrogen-bond donors (Lipinski definition) is 1. The lowest BCUT2D eigenvalue weighted by Gasteiger charge is -2.45. The first-order valence-electron chi connectivity index (χ1n) is 5.31. The van der Waals surface area contributed by atoms with Crippen LogP contribution in [0.4, 0.5) is 0 Å². The van der Waals surface area contributed by atoms with Crippen molar-refractivity contribution >= 4 is 18.3 Å². The molecule has 1 amide bonds. The number of carbonyl (C=O) groups excluding carboxylic acids is 1. The van der Waals surface area contributed by atoms with Gasteiger partial charge in [-0.3, -0.25) is 4.79 Å². The fourth-order valence-electron chi connectivity index (χ4n) is 2.76. The second-order valence-electron chi connectivity index (χ2n) is 4.87. The van der Waals surface area contributed by atoms with Gasteiger partial charge in [-0.1, -0.05) is 6.42 Å². The van der Waals surface area contributed by atoms with E-state index in [-0.39, 0.29) is 18.3 Å². The summed E-state index contributed by atoms with van der Waals surface area (Å²) in [5.41, 5.74) is 5.46. The van der Waals surface area contributed by atoms with Crippen LogP contribution in [0.5, 0.6) is 0 Å². The van der Waals surface area contributed by atoms with E-state index in [2.05, 4.69) is 0 Å². The summed E-state index contributed by atoms with van der Waals surface area (Å²) in [6.07, 6.45) is 5.65. The minimum Gasteiger partial charge on any atom is -0.337 e. The van der Waals surface area contributed by atoms with Crippen LogP contribution in [0.25, 0.3) is 0 Å². The van der Waals surface area contributed by atoms with E-state index in [1.807, 2.05) is 4.90 Å².